The monoisotopic (exact) mass is 410 g/mol. The van der Waals surface area contributed by atoms with E-state index in [4.69, 9.17) is 16.0 Å². The molecule has 0 bridgehead atoms. The molecule has 0 aliphatic rings. The van der Waals surface area contributed by atoms with Crippen LogP contribution in [0.5, 0.6) is 0 Å². The Morgan fingerprint density at radius 3 is 2.34 bits per heavy atom. The molecule has 0 aliphatic carbocycles. The molecule has 0 fully saturated rings. The van der Waals surface area contributed by atoms with Crippen LogP contribution in [0.25, 0.3) is 0 Å². The largest absolute Gasteiger partial charge is 0.467 e. The summed E-state index contributed by atoms with van der Waals surface area (Å²) in [6.45, 7) is 3.74. The van der Waals surface area contributed by atoms with Gasteiger partial charge < -0.3 is 14.6 Å². The van der Waals surface area contributed by atoms with E-state index in [0.717, 1.165) is 16.8 Å². The fourth-order valence-electron chi connectivity index (χ4n) is 3.08. The van der Waals surface area contributed by atoms with Gasteiger partial charge in [-0.25, -0.2) is 0 Å². The zero-order valence-electron chi connectivity index (χ0n) is 16.4. The molecule has 1 heterocycles. The zero-order chi connectivity index (χ0) is 20.8. The summed E-state index contributed by atoms with van der Waals surface area (Å²) in [5, 5.41) is 3.47. The van der Waals surface area contributed by atoms with Crippen LogP contribution in [-0.2, 0) is 16.1 Å². The minimum Gasteiger partial charge on any atom is -0.467 e. The topological polar surface area (TPSA) is 62.6 Å². The number of rotatable bonds is 7. The third-order valence-corrected chi connectivity index (χ3v) is 4.82. The molecule has 0 saturated carbocycles. The minimum absolute atomic E-state index is 0.107. The molecule has 6 heteroatoms. The van der Waals surface area contributed by atoms with Gasteiger partial charge in [0.2, 0.25) is 11.8 Å². The van der Waals surface area contributed by atoms with Crippen LogP contribution in [0.3, 0.4) is 0 Å². The highest BCUT2D eigenvalue weighted by molar-refractivity contribution is 6.30. The summed E-state index contributed by atoms with van der Waals surface area (Å²) in [6, 6.07) is 18.0. The lowest BCUT2D eigenvalue weighted by molar-refractivity contribution is -0.121. The molecule has 1 atom stereocenters. The first-order valence-electron chi connectivity index (χ1n) is 9.34. The molecule has 0 aliphatic heterocycles. The van der Waals surface area contributed by atoms with Gasteiger partial charge in [-0.05, 0) is 48.9 Å². The molecule has 150 valence electrons. The van der Waals surface area contributed by atoms with E-state index in [2.05, 4.69) is 5.32 Å². The number of aryl methyl sites for hydroxylation is 1. The maximum atomic E-state index is 13.3. The number of hydrogen-bond acceptors (Lipinski definition) is 3. The van der Waals surface area contributed by atoms with Crippen LogP contribution in [0.2, 0.25) is 5.02 Å². The standard InChI is InChI=1S/C23H23ClN2O3/c1-16-5-11-20(12-6-16)26(15-21-4-3-13-29-21)23(28)14-22(25-17(2)27)18-7-9-19(24)10-8-18/h3-13,22H,14-15H2,1-2H3,(H,25,27). The molecule has 1 unspecified atom stereocenters. The van der Waals surface area contributed by atoms with Crippen molar-refractivity contribution in [3.8, 4) is 0 Å². The lowest BCUT2D eigenvalue weighted by Gasteiger charge is -2.25. The van der Waals surface area contributed by atoms with E-state index in [-0.39, 0.29) is 18.2 Å². The molecule has 29 heavy (non-hydrogen) atoms. The molecule has 1 N–H and O–H groups in total. The summed E-state index contributed by atoms with van der Waals surface area (Å²) in [7, 11) is 0. The van der Waals surface area contributed by atoms with Crippen molar-refractivity contribution in [2.24, 2.45) is 0 Å². The fourth-order valence-corrected chi connectivity index (χ4v) is 3.21. The van der Waals surface area contributed by atoms with Crippen LogP contribution >= 0.6 is 11.6 Å². The van der Waals surface area contributed by atoms with Crippen molar-refractivity contribution in [3.05, 3.63) is 88.8 Å². The Bertz CT molecular complexity index is 951. The van der Waals surface area contributed by atoms with Crippen LogP contribution in [0.1, 0.15) is 36.3 Å². The second-order valence-corrected chi connectivity index (χ2v) is 7.34. The van der Waals surface area contributed by atoms with Gasteiger partial charge in [-0.15, -0.1) is 0 Å². The Balaban J connectivity index is 1.86. The molecular formula is C23H23ClN2O3. The fraction of sp³-hybridized carbons (Fsp3) is 0.217. The van der Waals surface area contributed by atoms with E-state index >= 15 is 0 Å². The van der Waals surface area contributed by atoms with Gasteiger partial charge in [-0.2, -0.15) is 0 Å². The average Bonchev–Trinajstić information content (AvgIpc) is 3.20. The predicted molar refractivity (Wildman–Crippen MR) is 114 cm³/mol. The highest BCUT2D eigenvalue weighted by atomic mass is 35.5. The second-order valence-electron chi connectivity index (χ2n) is 6.90. The zero-order valence-corrected chi connectivity index (χ0v) is 17.1. The number of carbonyl (C=O) groups excluding carboxylic acids is 2. The number of hydrogen-bond donors (Lipinski definition) is 1. The Morgan fingerprint density at radius 1 is 1.07 bits per heavy atom. The lowest BCUT2D eigenvalue weighted by atomic mass is 10.0. The molecule has 2 amide bonds. The molecule has 5 nitrogen and oxygen atoms in total. The Hall–Kier alpha value is -3.05. The average molecular weight is 411 g/mol. The van der Waals surface area contributed by atoms with Gasteiger partial charge in [0, 0.05) is 17.6 Å². The normalized spacial score (nSPS) is 11.7. The highest BCUT2D eigenvalue weighted by Crippen LogP contribution is 2.24. The van der Waals surface area contributed by atoms with Crippen molar-refractivity contribution < 1.29 is 14.0 Å². The molecule has 0 spiro atoms. The van der Waals surface area contributed by atoms with Crippen molar-refractivity contribution >= 4 is 29.1 Å². The van der Waals surface area contributed by atoms with Gasteiger partial charge in [0.15, 0.2) is 0 Å². The van der Waals surface area contributed by atoms with Gasteiger partial charge in [0.25, 0.3) is 0 Å². The van der Waals surface area contributed by atoms with Crippen LogP contribution in [0, 0.1) is 6.92 Å². The maximum Gasteiger partial charge on any atom is 0.229 e. The number of anilines is 1. The Morgan fingerprint density at radius 2 is 1.76 bits per heavy atom. The van der Waals surface area contributed by atoms with Crippen LogP contribution in [0.4, 0.5) is 5.69 Å². The predicted octanol–water partition coefficient (Wildman–Crippen LogP) is 5.04. The quantitative estimate of drug-likeness (QED) is 0.593. The third kappa shape index (κ3) is 5.72. The Kier molecular flexibility index (Phi) is 6.73. The number of amides is 2. The van der Waals surface area contributed by atoms with Crippen LogP contribution in [0.15, 0.2) is 71.3 Å². The van der Waals surface area contributed by atoms with E-state index in [1.165, 1.54) is 6.92 Å². The van der Waals surface area contributed by atoms with Gasteiger partial charge >= 0.3 is 0 Å². The molecule has 2 aromatic carbocycles. The summed E-state index contributed by atoms with van der Waals surface area (Å²) in [6.07, 6.45) is 1.69. The molecular weight excluding hydrogens is 388 g/mol. The van der Waals surface area contributed by atoms with E-state index < -0.39 is 6.04 Å². The lowest BCUT2D eigenvalue weighted by Crippen LogP contribution is -2.35. The van der Waals surface area contributed by atoms with Crippen molar-refractivity contribution in [3.63, 3.8) is 0 Å². The van der Waals surface area contributed by atoms with Crippen LogP contribution < -0.4 is 10.2 Å². The molecule has 0 radical (unpaired) electrons. The van der Waals surface area contributed by atoms with E-state index in [1.54, 1.807) is 29.4 Å². The number of halogens is 1. The first kappa shape index (κ1) is 20.7. The molecule has 1 aromatic heterocycles. The Labute approximate surface area is 175 Å². The molecule has 3 rings (SSSR count). The smallest absolute Gasteiger partial charge is 0.229 e. The van der Waals surface area contributed by atoms with Crippen LogP contribution in [-0.4, -0.2) is 11.8 Å². The van der Waals surface area contributed by atoms with Gasteiger partial charge in [-0.3, -0.25) is 9.59 Å². The number of benzene rings is 2. The molecule has 3 aromatic rings. The number of carbonyl (C=O) groups is 2. The minimum atomic E-state index is -0.457. The van der Waals surface area contributed by atoms with Crippen molar-refractivity contribution in [1.82, 2.24) is 5.32 Å². The number of nitrogens with one attached hydrogen (secondary N) is 1. The van der Waals surface area contributed by atoms with E-state index in [9.17, 15) is 9.59 Å². The van der Waals surface area contributed by atoms with Gasteiger partial charge in [-0.1, -0.05) is 41.4 Å². The third-order valence-electron chi connectivity index (χ3n) is 4.57. The first-order chi connectivity index (χ1) is 13.9. The highest BCUT2D eigenvalue weighted by Gasteiger charge is 2.23. The van der Waals surface area contributed by atoms with Crippen molar-refractivity contribution in [2.45, 2.75) is 32.9 Å². The van der Waals surface area contributed by atoms with Crippen molar-refractivity contribution in [1.29, 1.82) is 0 Å². The second kappa shape index (κ2) is 9.43. The van der Waals surface area contributed by atoms with Gasteiger partial charge in [0.05, 0.1) is 25.3 Å². The van der Waals surface area contributed by atoms with Crippen molar-refractivity contribution in [2.75, 3.05) is 4.90 Å². The first-order valence-corrected chi connectivity index (χ1v) is 9.72. The van der Waals surface area contributed by atoms with Gasteiger partial charge in [0.1, 0.15) is 5.76 Å². The summed E-state index contributed by atoms with van der Waals surface area (Å²) in [4.78, 5) is 26.7. The van der Waals surface area contributed by atoms with E-state index in [1.807, 2.05) is 49.4 Å². The summed E-state index contributed by atoms with van der Waals surface area (Å²) in [5.74, 6) is 0.353. The summed E-state index contributed by atoms with van der Waals surface area (Å²) in [5.41, 5.74) is 2.70. The maximum absolute atomic E-state index is 13.3. The van der Waals surface area contributed by atoms with E-state index in [0.29, 0.717) is 17.3 Å². The number of nitrogens with zero attached hydrogens (tertiary/aromatic N) is 1. The SMILES string of the molecule is CC(=O)NC(CC(=O)N(Cc1ccco1)c1ccc(C)cc1)c1ccc(Cl)cc1. The number of furan rings is 1. The molecule has 0 saturated heterocycles. The summed E-state index contributed by atoms with van der Waals surface area (Å²) >= 11 is 5.98. The summed E-state index contributed by atoms with van der Waals surface area (Å²) < 4.78 is 5.45.